The van der Waals surface area contributed by atoms with Crippen LogP contribution in [0.15, 0.2) is 18.2 Å². The van der Waals surface area contributed by atoms with Gasteiger partial charge in [0.2, 0.25) is 5.91 Å². The molecule has 1 amide bonds. The quantitative estimate of drug-likeness (QED) is 0.875. The van der Waals surface area contributed by atoms with Gasteiger partial charge in [-0.3, -0.25) is 4.79 Å². The van der Waals surface area contributed by atoms with Crippen LogP contribution in [0.25, 0.3) is 0 Å². The highest BCUT2D eigenvalue weighted by atomic mass is 16.5. The molecule has 3 rings (SSSR count). The van der Waals surface area contributed by atoms with E-state index < -0.39 is 0 Å². The molecule has 1 atom stereocenters. The third kappa shape index (κ3) is 3.86. The van der Waals surface area contributed by atoms with Gasteiger partial charge in [0, 0.05) is 31.3 Å². The minimum absolute atomic E-state index is 0.0563. The molecule has 0 spiro atoms. The highest BCUT2D eigenvalue weighted by molar-refractivity contribution is 5.91. The van der Waals surface area contributed by atoms with E-state index in [9.17, 15) is 4.79 Å². The molecule has 2 aliphatic heterocycles. The van der Waals surface area contributed by atoms with Crippen molar-refractivity contribution in [1.29, 1.82) is 0 Å². The zero-order valence-corrected chi connectivity index (χ0v) is 11.9. The van der Waals surface area contributed by atoms with Crippen LogP contribution in [-0.2, 0) is 9.53 Å². The average Bonchev–Trinajstić information content (AvgIpc) is 2.73. The number of rotatable bonds is 3. The van der Waals surface area contributed by atoms with E-state index in [1.807, 2.05) is 12.1 Å². The van der Waals surface area contributed by atoms with Crippen molar-refractivity contribution < 1.29 is 19.0 Å². The average molecular weight is 292 g/mol. The first-order chi connectivity index (χ1) is 10.3. The predicted octanol–water partition coefficient (Wildman–Crippen LogP) is 1.16. The van der Waals surface area contributed by atoms with Gasteiger partial charge in [-0.1, -0.05) is 0 Å². The summed E-state index contributed by atoms with van der Waals surface area (Å²) in [6.45, 7) is 3.51. The lowest BCUT2D eigenvalue weighted by atomic mass is 10.2. The van der Waals surface area contributed by atoms with Gasteiger partial charge in [-0.05, 0) is 12.1 Å². The van der Waals surface area contributed by atoms with Gasteiger partial charge in [0.25, 0.3) is 0 Å². The lowest BCUT2D eigenvalue weighted by molar-refractivity contribution is -0.119. The molecule has 0 aliphatic carbocycles. The van der Waals surface area contributed by atoms with Crippen LogP contribution in [0, 0.1) is 0 Å². The number of carbonyl (C=O) groups excluding carboxylic acids is 1. The minimum Gasteiger partial charge on any atom is -0.490 e. The summed E-state index contributed by atoms with van der Waals surface area (Å²) < 4.78 is 16.7. The molecule has 6 heteroatoms. The topological polar surface area (TPSA) is 68.8 Å². The zero-order chi connectivity index (χ0) is 14.5. The Kier molecular flexibility index (Phi) is 4.57. The predicted molar refractivity (Wildman–Crippen MR) is 77.9 cm³/mol. The third-order valence-corrected chi connectivity index (χ3v) is 3.45. The van der Waals surface area contributed by atoms with Crippen molar-refractivity contribution in [3.8, 4) is 11.5 Å². The third-order valence-electron chi connectivity index (χ3n) is 3.45. The summed E-state index contributed by atoms with van der Waals surface area (Å²) in [5.74, 6) is 1.35. The summed E-state index contributed by atoms with van der Waals surface area (Å²) in [6, 6.07) is 5.46. The van der Waals surface area contributed by atoms with Gasteiger partial charge < -0.3 is 24.8 Å². The number of anilines is 1. The van der Waals surface area contributed by atoms with Gasteiger partial charge in [-0.15, -0.1) is 0 Å². The molecule has 1 aromatic rings. The van der Waals surface area contributed by atoms with Crippen LogP contribution in [0.2, 0.25) is 0 Å². The standard InChI is InChI=1S/C15H20N2O4/c18-15(9-12-10-16-4-7-19-12)17-11-2-3-13-14(8-11)21-6-1-5-20-13/h2-3,8,12,16H,1,4-7,9-10H2,(H,17,18). The Hall–Kier alpha value is -1.79. The number of fused-ring (bicyclic) bond motifs is 1. The van der Waals surface area contributed by atoms with Crippen molar-refractivity contribution in [2.24, 2.45) is 0 Å². The van der Waals surface area contributed by atoms with Gasteiger partial charge >= 0.3 is 0 Å². The van der Waals surface area contributed by atoms with Crippen molar-refractivity contribution in [3.05, 3.63) is 18.2 Å². The molecular weight excluding hydrogens is 272 g/mol. The molecule has 0 radical (unpaired) electrons. The molecular formula is C15H20N2O4. The van der Waals surface area contributed by atoms with Gasteiger partial charge in [0.05, 0.1) is 32.3 Å². The fraction of sp³-hybridized carbons (Fsp3) is 0.533. The molecule has 1 aromatic carbocycles. The molecule has 21 heavy (non-hydrogen) atoms. The van der Waals surface area contributed by atoms with Crippen LogP contribution in [-0.4, -0.2) is 44.9 Å². The van der Waals surface area contributed by atoms with Crippen molar-refractivity contribution >= 4 is 11.6 Å². The minimum atomic E-state index is -0.0572. The lowest BCUT2D eigenvalue weighted by Gasteiger charge is -2.23. The number of nitrogens with one attached hydrogen (secondary N) is 2. The first-order valence-corrected chi connectivity index (χ1v) is 7.33. The second-order valence-corrected chi connectivity index (χ2v) is 5.16. The number of hydrogen-bond acceptors (Lipinski definition) is 5. The van der Waals surface area contributed by atoms with E-state index in [2.05, 4.69) is 10.6 Å². The van der Waals surface area contributed by atoms with Crippen LogP contribution >= 0.6 is 0 Å². The van der Waals surface area contributed by atoms with Crippen molar-refractivity contribution in [2.75, 3.05) is 38.2 Å². The summed E-state index contributed by atoms with van der Waals surface area (Å²) >= 11 is 0. The van der Waals surface area contributed by atoms with Crippen LogP contribution in [0.5, 0.6) is 11.5 Å². The molecule has 6 nitrogen and oxygen atoms in total. The van der Waals surface area contributed by atoms with E-state index in [-0.39, 0.29) is 12.0 Å². The monoisotopic (exact) mass is 292 g/mol. The summed E-state index contributed by atoms with van der Waals surface area (Å²) in [5, 5.41) is 6.09. The summed E-state index contributed by atoms with van der Waals surface area (Å²) in [6.07, 6.45) is 1.16. The number of carbonyl (C=O) groups is 1. The largest absolute Gasteiger partial charge is 0.490 e. The van der Waals surface area contributed by atoms with Crippen LogP contribution < -0.4 is 20.1 Å². The second-order valence-electron chi connectivity index (χ2n) is 5.16. The van der Waals surface area contributed by atoms with Gasteiger partial charge in [0.1, 0.15) is 0 Å². The Bertz CT molecular complexity index is 500. The normalized spacial score (nSPS) is 21.4. The Morgan fingerprint density at radius 3 is 2.90 bits per heavy atom. The van der Waals surface area contributed by atoms with Gasteiger partial charge in [-0.25, -0.2) is 0 Å². The molecule has 0 aromatic heterocycles. The SMILES string of the molecule is O=C(CC1CNCCO1)Nc1ccc2c(c1)OCCCO2. The number of ether oxygens (including phenoxy) is 3. The molecule has 2 heterocycles. The Balaban J connectivity index is 1.59. The smallest absolute Gasteiger partial charge is 0.227 e. The second kappa shape index (κ2) is 6.78. The number of morpholine rings is 1. The van der Waals surface area contributed by atoms with E-state index in [1.54, 1.807) is 6.07 Å². The maximum Gasteiger partial charge on any atom is 0.227 e. The summed E-state index contributed by atoms with van der Waals surface area (Å²) in [7, 11) is 0. The summed E-state index contributed by atoms with van der Waals surface area (Å²) in [4.78, 5) is 12.0. The van der Waals surface area contributed by atoms with E-state index >= 15 is 0 Å². The maximum absolute atomic E-state index is 12.0. The van der Waals surface area contributed by atoms with Crippen molar-refractivity contribution in [1.82, 2.24) is 5.32 Å². The van der Waals surface area contributed by atoms with Gasteiger partial charge in [0.15, 0.2) is 11.5 Å². The van der Waals surface area contributed by atoms with Crippen molar-refractivity contribution in [3.63, 3.8) is 0 Å². The maximum atomic E-state index is 12.0. The molecule has 2 N–H and O–H groups in total. The van der Waals surface area contributed by atoms with E-state index in [1.165, 1.54) is 0 Å². The Morgan fingerprint density at radius 1 is 1.24 bits per heavy atom. The van der Waals surface area contributed by atoms with Gasteiger partial charge in [-0.2, -0.15) is 0 Å². The van der Waals surface area contributed by atoms with Crippen molar-refractivity contribution in [2.45, 2.75) is 18.9 Å². The fourth-order valence-electron chi connectivity index (χ4n) is 2.41. The Morgan fingerprint density at radius 2 is 2.10 bits per heavy atom. The van der Waals surface area contributed by atoms with E-state index in [0.717, 1.165) is 18.7 Å². The first kappa shape index (κ1) is 14.2. The number of hydrogen-bond donors (Lipinski definition) is 2. The molecule has 114 valence electrons. The molecule has 1 saturated heterocycles. The molecule has 2 aliphatic rings. The van der Waals surface area contributed by atoms with Crippen LogP contribution in [0.1, 0.15) is 12.8 Å². The van der Waals surface area contributed by atoms with Crippen LogP contribution in [0.4, 0.5) is 5.69 Å². The number of amides is 1. The molecule has 1 fully saturated rings. The van der Waals surface area contributed by atoms with E-state index in [0.29, 0.717) is 44.2 Å². The number of benzene rings is 1. The molecule has 0 saturated carbocycles. The zero-order valence-electron chi connectivity index (χ0n) is 11.9. The highest BCUT2D eigenvalue weighted by Crippen LogP contribution is 2.32. The fourth-order valence-corrected chi connectivity index (χ4v) is 2.41. The summed E-state index contributed by atoms with van der Waals surface area (Å²) in [5.41, 5.74) is 0.716. The lowest BCUT2D eigenvalue weighted by Crippen LogP contribution is -2.40. The highest BCUT2D eigenvalue weighted by Gasteiger charge is 2.18. The van der Waals surface area contributed by atoms with E-state index in [4.69, 9.17) is 14.2 Å². The molecule has 0 bridgehead atoms. The molecule has 1 unspecified atom stereocenters. The van der Waals surface area contributed by atoms with Crippen LogP contribution in [0.3, 0.4) is 0 Å². The Labute approximate surface area is 123 Å². The first-order valence-electron chi connectivity index (χ1n) is 7.33.